The fourth-order valence-corrected chi connectivity index (χ4v) is 11.1. The van der Waals surface area contributed by atoms with E-state index >= 15 is 4.39 Å². The van der Waals surface area contributed by atoms with Crippen molar-refractivity contribution in [2.45, 2.75) is 104 Å². The van der Waals surface area contributed by atoms with Crippen LogP contribution < -0.4 is 25.8 Å². The molecule has 5 amide bonds. The Bertz CT molecular complexity index is 3070. The van der Waals surface area contributed by atoms with Crippen LogP contribution >= 0.6 is 11.3 Å². The number of benzene rings is 3. The Kier molecular flexibility index (Phi) is 18.7. The maximum Gasteiger partial charge on any atom is 0.417 e. The number of nitrogens with zero attached hydrogens (tertiary/aromatic N) is 8. The van der Waals surface area contributed by atoms with Gasteiger partial charge in [0.15, 0.2) is 0 Å². The number of rotatable bonds is 17. The Labute approximate surface area is 471 Å². The quantitative estimate of drug-likeness (QED) is 0.0553. The zero-order valence-corrected chi connectivity index (χ0v) is 47.1. The number of anilines is 3. The molecule has 0 aliphatic carbocycles. The van der Waals surface area contributed by atoms with Gasteiger partial charge in [0.2, 0.25) is 29.6 Å². The average Bonchev–Trinajstić information content (AvgIpc) is 4.09. The Morgan fingerprint density at radius 1 is 0.840 bits per heavy atom. The molecule has 3 saturated heterocycles. The van der Waals surface area contributed by atoms with Gasteiger partial charge in [0, 0.05) is 101 Å². The van der Waals surface area contributed by atoms with Crippen LogP contribution in [0.5, 0.6) is 0 Å². The summed E-state index contributed by atoms with van der Waals surface area (Å²) in [5.74, 6) is -4.24. The Morgan fingerprint density at radius 3 is 2.14 bits per heavy atom. The van der Waals surface area contributed by atoms with Crippen LogP contribution in [0.1, 0.15) is 81.1 Å². The third kappa shape index (κ3) is 14.5. The molecule has 5 aromatic rings. The molecular formula is C57H68F5N11O7S. The first-order chi connectivity index (χ1) is 38.4. The van der Waals surface area contributed by atoms with Gasteiger partial charge in [-0.3, -0.25) is 28.9 Å². The number of carbonyl (C=O) groups is 5. The molecule has 434 valence electrons. The minimum Gasteiger partial charge on any atom is -0.391 e. The fraction of sp³-hybridized carbons (Fsp3) is 0.474. The molecular weight excluding hydrogens is 1080 g/mol. The number of aliphatic hydroxyl groups is 1. The highest BCUT2D eigenvalue weighted by molar-refractivity contribution is 7.13. The summed E-state index contributed by atoms with van der Waals surface area (Å²) < 4.78 is 77.8. The van der Waals surface area contributed by atoms with Gasteiger partial charge in [-0.25, -0.2) is 23.7 Å². The molecule has 18 nitrogen and oxygen atoms in total. The minimum atomic E-state index is -5.03. The third-order valence-electron chi connectivity index (χ3n) is 15.1. The third-order valence-corrected chi connectivity index (χ3v) is 16.1. The number of alkyl halides is 3. The minimum absolute atomic E-state index is 0.00934. The maximum absolute atomic E-state index is 16.2. The predicted octanol–water partition coefficient (Wildman–Crippen LogP) is 6.91. The monoisotopic (exact) mass is 1150 g/mol. The van der Waals surface area contributed by atoms with Crippen LogP contribution in [-0.2, 0) is 36.6 Å². The topological polar surface area (TPSA) is 206 Å². The SMILES string of the molecule is Cc1ncsc1-c1ccc(CNC(=O)[C@@H]2C[C@@H](O)CN2C(=O)[C@@H](NC(=O)CCOCCC(=O)N2CCN(c3ncc(-c4cc(NC(=O)c5ccc(F)cc5C(F)(F)F)c(N5C[C@@H](C)N(C)[C@@H](C)C5)cc4F)cn3)CC2)C(C)(C)C)cc1. The number of ether oxygens (including phenoxy) is 1. The van der Waals surface area contributed by atoms with Crippen molar-refractivity contribution in [1.82, 2.24) is 40.3 Å². The van der Waals surface area contributed by atoms with Gasteiger partial charge in [0.25, 0.3) is 5.91 Å². The lowest BCUT2D eigenvalue weighted by atomic mass is 9.85. The molecule has 5 heterocycles. The fourth-order valence-electron chi connectivity index (χ4n) is 10.3. The highest BCUT2D eigenvalue weighted by atomic mass is 32.1. The van der Waals surface area contributed by atoms with E-state index in [0.29, 0.717) is 45.2 Å². The lowest BCUT2D eigenvalue weighted by Gasteiger charge is -2.44. The summed E-state index contributed by atoms with van der Waals surface area (Å²) in [6.07, 6.45) is -3.17. The van der Waals surface area contributed by atoms with Crippen molar-refractivity contribution >= 4 is 58.2 Å². The number of nitrogens with one attached hydrogen (secondary N) is 3. The summed E-state index contributed by atoms with van der Waals surface area (Å²) >= 11 is 1.55. The lowest BCUT2D eigenvalue weighted by molar-refractivity contribution is -0.144. The number of likely N-dealkylation sites (tertiary alicyclic amines) is 1. The van der Waals surface area contributed by atoms with Crippen molar-refractivity contribution in [3.05, 3.63) is 107 Å². The molecule has 5 atom stereocenters. The van der Waals surface area contributed by atoms with E-state index in [9.17, 15) is 46.6 Å². The summed E-state index contributed by atoms with van der Waals surface area (Å²) in [5, 5.41) is 18.9. The summed E-state index contributed by atoms with van der Waals surface area (Å²) in [4.78, 5) is 90.8. The molecule has 3 aromatic carbocycles. The molecule has 24 heteroatoms. The molecule has 2 aromatic heterocycles. The van der Waals surface area contributed by atoms with Crippen molar-refractivity contribution in [2.75, 3.05) is 81.2 Å². The van der Waals surface area contributed by atoms with Crippen molar-refractivity contribution in [3.8, 4) is 21.6 Å². The molecule has 0 spiro atoms. The summed E-state index contributed by atoms with van der Waals surface area (Å²) in [5.41, 5.74) is 2.07. The second kappa shape index (κ2) is 25.3. The van der Waals surface area contributed by atoms with E-state index in [1.807, 2.05) is 61.9 Å². The van der Waals surface area contributed by atoms with E-state index in [1.165, 1.54) is 29.4 Å². The molecule has 0 saturated carbocycles. The Balaban J connectivity index is 0.806. The number of β-amino-alcohol motifs (C(OH)–C–C–N with tert-alkyl or cyclic N) is 1. The number of aryl methyl sites for hydroxylation is 1. The number of aliphatic hydroxyl groups excluding tert-OH is 1. The van der Waals surface area contributed by atoms with Crippen molar-refractivity contribution in [1.29, 1.82) is 0 Å². The van der Waals surface area contributed by atoms with Crippen LogP contribution in [-0.4, -0.2) is 161 Å². The van der Waals surface area contributed by atoms with Crippen LogP contribution in [0, 0.1) is 24.0 Å². The summed E-state index contributed by atoms with van der Waals surface area (Å²) in [6.45, 7) is 13.7. The molecule has 3 aliphatic heterocycles. The molecule has 0 radical (unpaired) electrons. The lowest BCUT2D eigenvalue weighted by Crippen LogP contribution is -2.57. The van der Waals surface area contributed by atoms with E-state index in [2.05, 4.69) is 35.8 Å². The number of aromatic nitrogens is 3. The van der Waals surface area contributed by atoms with E-state index in [4.69, 9.17) is 4.74 Å². The highest BCUT2D eigenvalue weighted by Crippen LogP contribution is 2.38. The van der Waals surface area contributed by atoms with E-state index < -0.39 is 76.2 Å². The number of hydrogen-bond donors (Lipinski definition) is 4. The van der Waals surface area contributed by atoms with Crippen LogP contribution in [0.15, 0.2) is 72.5 Å². The van der Waals surface area contributed by atoms with Crippen molar-refractivity contribution < 1.29 is 55.8 Å². The first-order valence-corrected chi connectivity index (χ1v) is 27.7. The molecule has 3 aliphatic rings. The van der Waals surface area contributed by atoms with Crippen LogP contribution in [0.2, 0.25) is 0 Å². The summed E-state index contributed by atoms with van der Waals surface area (Å²) in [7, 11) is 1.95. The summed E-state index contributed by atoms with van der Waals surface area (Å²) in [6, 6.07) is 10.1. The largest absolute Gasteiger partial charge is 0.417 e. The van der Waals surface area contributed by atoms with Gasteiger partial charge in [0.1, 0.15) is 23.7 Å². The highest BCUT2D eigenvalue weighted by Gasteiger charge is 2.45. The number of hydrogen-bond acceptors (Lipinski definition) is 14. The van der Waals surface area contributed by atoms with E-state index in [-0.39, 0.29) is 92.1 Å². The maximum atomic E-state index is 16.2. The van der Waals surface area contributed by atoms with Gasteiger partial charge in [-0.1, -0.05) is 45.0 Å². The average molecular weight is 1150 g/mol. The van der Waals surface area contributed by atoms with Gasteiger partial charge in [-0.15, -0.1) is 11.3 Å². The number of carbonyl (C=O) groups excluding carboxylic acids is 5. The van der Waals surface area contributed by atoms with Crippen molar-refractivity contribution in [3.63, 3.8) is 0 Å². The van der Waals surface area contributed by atoms with Crippen molar-refractivity contribution in [2.24, 2.45) is 5.41 Å². The zero-order valence-electron chi connectivity index (χ0n) is 46.3. The van der Waals surface area contributed by atoms with Crippen LogP contribution in [0.3, 0.4) is 0 Å². The first kappa shape index (κ1) is 60.0. The van der Waals surface area contributed by atoms with Crippen LogP contribution in [0.25, 0.3) is 21.6 Å². The molecule has 3 fully saturated rings. The smallest absolute Gasteiger partial charge is 0.391 e. The molecule has 81 heavy (non-hydrogen) atoms. The molecule has 4 N–H and O–H groups in total. The standard InChI is InChI=1S/C57H68F5N11O7S/c1-33-29-72(30-34(2)69(33)7)46-25-44(59)42(24-45(46)67-52(77)41-13-12-39(58)22-43(41)57(60,61)62)38-27-64-55(65-28-38)71-18-16-70(17-19-71)49(76)15-21-80-20-14-48(75)68-51(56(4,5)6)54(79)73-31-40(74)23-47(73)53(78)63-26-36-8-10-37(11-9-36)50-35(3)66-32-81-50/h8-13,22,24-25,27-28,32-34,40,47,51,74H,14-21,23,26,29-31H2,1-7H3,(H,63,78)(H,67,77)(H,68,75)/t33-,34+,40-,47+,51-/m1/s1. The predicted molar refractivity (Wildman–Crippen MR) is 296 cm³/mol. The van der Waals surface area contributed by atoms with E-state index in [1.54, 1.807) is 42.5 Å². The Morgan fingerprint density at radius 2 is 1.51 bits per heavy atom. The number of thiazole rings is 1. The first-order valence-electron chi connectivity index (χ1n) is 26.8. The van der Waals surface area contributed by atoms with Crippen LogP contribution in [0.4, 0.5) is 39.3 Å². The van der Waals surface area contributed by atoms with Gasteiger partial charge >= 0.3 is 6.18 Å². The Hall–Kier alpha value is -7.15. The second-order valence-corrected chi connectivity index (χ2v) is 22.8. The van der Waals surface area contributed by atoms with Gasteiger partial charge in [-0.2, -0.15) is 13.2 Å². The van der Waals surface area contributed by atoms with Gasteiger partial charge in [0.05, 0.1) is 64.3 Å². The zero-order chi connectivity index (χ0) is 58.5. The number of piperazine rings is 2. The number of likely N-dealkylation sites (N-methyl/N-ethyl adjacent to an activating group) is 1. The van der Waals surface area contributed by atoms with E-state index in [0.717, 1.165) is 33.8 Å². The van der Waals surface area contributed by atoms with Gasteiger partial charge in [-0.05, 0) is 74.7 Å². The van der Waals surface area contributed by atoms with Gasteiger partial charge < -0.3 is 45.4 Å². The number of halogens is 5. The normalized spacial score (nSPS) is 19.4. The molecule has 8 rings (SSSR count). The molecule has 0 unspecified atom stereocenters. The number of amides is 5. The second-order valence-electron chi connectivity index (χ2n) is 22.0. The molecule has 0 bridgehead atoms.